The number of fused-ring (bicyclic) bond motifs is 2. The molecule has 2 aliphatic rings. The molecule has 9 heteroatoms. The number of ether oxygens (including phenoxy) is 2. The third-order valence-corrected chi connectivity index (χ3v) is 7.00. The Morgan fingerprint density at radius 2 is 1.97 bits per heavy atom. The molecular weight excluding hydrogens is 440 g/mol. The van der Waals surface area contributed by atoms with Crippen LogP contribution in [0, 0.1) is 17.8 Å². The van der Waals surface area contributed by atoms with Crippen molar-refractivity contribution in [2.24, 2.45) is 17.8 Å². The molecule has 2 fully saturated rings. The number of aryl methyl sites for hydroxylation is 1. The van der Waals surface area contributed by atoms with E-state index in [1.807, 2.05) is 35.1 Å². The van der Waals surface area contributed by atoms with Crippen LogP contribution in [-0.4, -0.2) is 45.2 Å². The van der Waals surface area contributed by atoms with Gasteiger partial charge in [0.25, 0.3) is 0 Å². The van der Waals surface area contributed by atoms with E-state index in [2.05, 4.69) is 22.0 Å². The topological polar surface area (TPSA) is 78.2 Å². The molecule has 0 radical (unpaired) electrons. The van der Waals surface area contributed by atoms with E-state index in [4.69, 9.17) is 31.2 Å². The van der Waals surface area contributed by atoms with Crippen LogP contribution in [-0.2, 0) is 13.0 Å². The van der Waals surface area contributed by atoms with E-state index < -0.39 is 0 Å². The van der Waals surface area contributed by atoms with E-state index in [0.29, 0.717) is 40.4 Å². The predicted octanol–water partition coefficient (Wildman–Crippen LogP) is 4.64. The fraction of sp³-hybridized carbons (Fsp3) is 0.500. The van der Waals surface area contributed by atoms with Gasteiger partial charge in [0.05, 0.1) is 19.0 Å². The highest BCUT2D eigenvalue weighted by atomic mass is 35.5. The molecule has 2 atom stereocenters. The lowest BCUT2D eigenvalue weighted by atomic mass is 9.82. The zero-order chi connectivity index (χ0) is 22.8. The average molecular weight is 469 g/mol. The van der Waals surface area contributed by atoms with Crippen molar-refractivity contribution in [1.29, 1.82) is 0 Å². The third-order valence-electron chi connectivity index (χ3n) is 6.76. The van der Waals surface area contributed by atoms with E-state index in [0.717, 1.165) is 44.0 Å². The zero-order valence-electron chi connectivity index (χ0n) is 19.0. The summed E-state index contributed by atoms with van der Waals surface area (Å²) in [5.74, 6) is 3.89. The molecular formula is C24H29ClN6O2. The Hall–Kier alpha value is -2.87. The average Bonchev–Trinajstić information content (AvgIpc) is 3.28. The second kappa shape index (κ2) is 9.55. The number of aromatic nitrogens is 5. The molecule has 1 saturated carbocycles. The Balaban J connectivity index is 1.30. The van der Waals surface area contributed by atoms with Gasteiger partial charge in [0.2, 0.25) is 5.88 Å². The molecule has 2 unspecified atom stereocenters. The van der Waals surface area contributed by atoms with Gasteiger partial charge in [-0.15, -0.1) is 5.10 Å². The lowest BCUT2D eigenvalue weighted by Crippen LogP contribution is -2.42. The summed E-state index contributed by atoms with van der Waals surface area (Å²) in [6, 6.07) is 9.89. The fourth-order valence-electron chi connectivity index (χ4n) is 5.23. The van der Waals surface area contributed by atoms with Gasteiger partial charge in [-0.25, -0.2) is 4.68 Å². The van der Waals surface area contributed by atoms with E-state index in [-0.39, 0.29) is 0 Å². The summed E-state index contributed by atoms with van der Waals surface area (Å²) in [7, 11) is 1.62. The lowest BCUT2D eigenvalue weighted by molar-refractivity contribution is 0.265. The van der Waals surface area contributed by atoms with Crippen LogP contribution >= 0.6 is 11.6 Å². The van der Waals surface area contributed by atoms with Crippen molar-refractivity contribution in [3.8, 4) is 17.6 Å². The number of hydrogen-bond acceptors (Lipinski definition) is 7. The molecule has 1 aromatic carbocycles. The maximum Gasteiger partial charge on any atom is 0.320 e. The van der Waals surface area contributed by atoms with Crippen LogP contribution in [0.15, 0.2) is 36.5 Å². The number of nitrogens with zero attached hydrogens (tertiary/aromatic N) is 6. The summed E-state index contributed by atoms with van der Waals surface area (Å²) < 4.78 is 13.2. The van der Waals surface area contributed by atoms with Crippen molar-refractivity contribution in [1.82, 2.24) is 25.0 Å². The fourth-order valence-corrected chi connectivity index (χ4v) is 5.41. The molecule has 33 heavy (non-hydrogen) atoms. The van der Waals surface area contributed by atoms with Crippen molar-refractivity contribution in [2.45, 2.75) is 39.2 Å². The minimum atomic E-state index is 0.536. The van der Waals surface area contributed by atoms with Gasteiger partial charge >= 0.3 is 6.01 Å². The summed E-state index contributed by atoms with van der Waals surface area (Å²) >= 11 is 6.12. The Morgan fingerprint density at radius 1 is 1.15 bits per heavy atom. The largest absolute Gasteiger partial charge is 0.480 e. The van der Waals surface area contributed by atoms with Gasteiger partial charge in [-0.05, 0) is 55.2 Å². The molecule has 1 aliphatic heterocycles. The maximum atomic E-state index is 6.12. The highest BCUT2D eigenvalue weighted by Crippen LogP contribution is 2.44. The zero-order valence-corrected chi connectivity index (χ0v) is 19.8. The van der Waals surface area contributed by atoms with Crippen molar-refractivity contribution in [2.75, 3.05) is 25.1 Å². The second-order valence-electron chi connectivity index (χ2n) is 8.92. The second-order valence-corrected chi connectivity index (χ2v) is 9.36. The van der Waals surface area contributed by atoms with Crippen LogP contribution in [0.25, 0.3) is 0 Å². The van der Waals surface area contributed by atoms with E-state index >= 15 is 0 Å². The Labute approximate surface area is 198 Å². The van der Waals surface area contributed by atoms with Crippen LogP contribution < -0.4 is 14.4 Å². The Morgan fingerprint density at radius 3 is 2.70 bits per heavy atom. The number of piperidine rings is 1. The standard InChI is InChI=1S/C24H29ClN6O2/c1-3-9-31-24(33-20-6-4-5-18(25)10-20)27-22(29-31)12-21-16-7-8-17(21)15-30(14-16)19-11-23(32-2)28-26-13-19/h4-6,10-11,13,16-17,21H,3,7-9,12,14-15H2,1-2H3. The monoisotopic (exact) mass is 468 g/mol. The normalized spacial score (nSPS) is 21.9. The van der Waals surface area contributed by atoms with Gasteiger partial charge in [-0.1, -0.05) is 24.6 Å². The molecule has 8 nitrogen and oxygen atoms in total. The molecule has 0 spiro atoms. The number of benzene rings is 1. The van der Waals surface area contributed by atoms with Crippen LogP contribution in [0.3, 0.4) is 0 Å². The third kappa shape index (κ3) is 4.76. The number of hydrogen-bond donors (Lipinski definition) is 0. The first kappa shape index (κ1) is 21.9. The van der Waals surface area contributed by atoms with Crippen molar-refractivity contribution in [3.63, 3.8) is 0 Å². The minimum Gasteiger partial charge on any atom is -0.480 e. The van der Waals surface area contributed by atoms with Gasteiger partial charge in [-0.3, -0.25) is 0 Å². The smallest absolute Gasteiger partial charge is 0.320 e. The molecule has 5 rings (SSSR count). The maximum absolute atomic E-state index is 6.12. The Bertz CT molecular complexity index is 1090. The summed E-state index contributed by atoms with van der Waals surface area (Å²) in [5.41, 5.74) is 1.08. The van der Waals surface area contributed by atoms with Gasteiger partial charge in [0.1, 0.15) is 5.75 Å². The summed E-state index contributed by atoms with van der Waals surface area (Å²) in [5, 5.41) is 13.5. The van der Waals surface area contributed by atoms with Gasteiger partial charge in [-0.2, -0.15) is 15.2 Å². The highest BCUT2D eigenvalue weighted by molar-refractivity contribution is 6.30. The van der Waals surface area contributed by atoms with Crippen LogP contribution in [0.4, 0.5) is 5.69 Å². The molecule has 1 saturated heterocycles. The number of rotatable bonds is 8. The molecule has 2 bridgehead atoms. The summed E-state index contributed by atoms with van der Waals surface area (Å²) in [6.07, 6.45) is 6.15. The number of methoxy groups -OCH3 is 1. The number of halogens is 1. The SMILES string of the molecule is CCCn1nc(CC2C3CCC2CN(c2cnnc(OC)c2)C3)nc1Oc1cccc(Cl)c1. The van der Waals surface area contributed by atoms with E-state index in [1.165, 1.54) is 12.8 Å². The predicted molar refractivity (Wildman–Crippen MR) is 126 cm³/mol. The molecule has 0 N–H and O–H groups in total. The first-order chi connectivity index (χ1) is 16.1. The quantitative estimate of drug-likeness (QED) is 0.476. The Kier molecular flexibility index (Phi) is 6.35. The summed E-state index contributed by atoms with van der Waals surface area (Å²) in [6.45, 7) is 4.92. The minimum absolute atomic E-state index is 0.536. The number of anilines is 1. The molecule has 2 aromatic heterocycles. The van der Waals surface area contributed by atoms with Crippen molar-refractivity contribution < 1.29 is 9.47 Å². The van der Waals surface area contributed by atoms with Gasteiger partial charge in [0, 0.05) is 37.1 Å². The lowest BCUT2D eigenvalue weighted by Gasteiger charge is -2.38. The van der Waals surface area contributed by atoms with Crippen LogP contribution in [0.1, 0.15) is 32.0 Å². The molecule has 1 aliphatic carbocycles. The molecule has 3 heterocycles. The first-order valence-corrected chi connectivity index (χ1v) is 12.0. The molecule has 3 aromatic rings. The van der Waals surface area contributed by atoms with Crippen LogP contribution in [0.2, 0.25) is 5.02 Å². The van der Waals surface area contributed by atoms with E-state index in [1.54, 1.807) is 13.2 Å². The van der Waals surface area contributed by atoms with E-state index in [9.17, 15) is 0 Å². The van der Waals surface area contributed by atoms with Gasteiger partial charge < -0.3 is 14.4 Å². The summed E-state index contributed by atoms with van der Waals surface area (Å²) in [4.78, 5) is 7.21. The van der Waals surface area contributed by atoms with Crippen molar-refractivity contribution in [3.05, 3.63) is 47.4 Å². The van der Waals surface area contributed by atoms with Crippen LogP contribution in [0.5, 0.6) is 17.6 Å². The first-order valence-electron chi connectivity index (χ1n) is 11.6. The highest BCUT2D eigenvalue weighted by Gasteiger charge is 2.42. The molecule has 174 valence electrons. The van der Waals surface area contributed by atoms with Crippen molar-refractivity contribution >= 4 is 17.3 Å². The molecule has 0 amide bonds. The van der Waals surface area contributed by atoms with Gasteiger partial charge in [0.15, 0.2) is 5.82 Å².